The van der Waals surface area contributed by atoms with E-state index in [-0.39, 0.29) is 12.1 Å². The van der Waals surface area contributed by atoms with Gasteiger partial charge in [-0.2, -0.15) is 0 Å². The molecule has 0 atom stereocenters. The van der Waals surface area contributed by atoms with Crippen LogP contribution in [0.5, 0.6) is 5.75 Å². The molecular weight excluding hydrogens is 297 g/mol. The Bertz CT molecular complexity index is 778. The summed E-state index contributed by atoms with van der Waals surface area (Å²) in [5.74, 6) is -0.354. The molecule has 0 spiro atoms. The minimum Gasteiger partial charge on any atom is -0.496 e. The van der Waals surface area contributed by atoms with Gasteiger partial charge in [0.2, 0.25) is 0 Å². The number of nitrogens with zero attached hydrogens (tertiary/aromatic N) is 1. The van der Waals surface area contributed by atoms with E-state index in [9.17, 15) is 14.0 Å². The average Bonchev–Trinajstić information content (AvgIpc) is 2.84. The molecule has 1 heterocycles. The average molecular weight is 311 g/mol. The summed E-state index contributed by atoms with van der Waals surface area (Å²) in [4.78, 5) is 25.8. The Kier molecular flexibility index (Phi) is 3.93. The lowest BCUT2D eigenvalue weighted by molar-refractivity contribution is 0.0674. The van der Waals surface area contributed by atoms with Crippen LogP contribution in [0.3, 0.4) is 0 Å². The summed E-state index contributed by atoms with van der Waals surface area (Å²) in [7, 11) is 1.48. The van der Waals surface area contributed by atoms with Crippen LogP contribution in [0.2, 0.25) is 0 Å². The molecule has 0 aromatic heterocycles. The van der Waals surface area contributed by atoms with Crippen molar-refractivity contribution in [2.24, 2.45) is 0 Å². The summed E-state index contributed by atoms with van der Waals surface area (Å²) in [6.45, 7) is -0.150. The third-order valence-electron chi connectivity index (χ3n) is 3.79. The van der Waals surface area contributed by atoms with E-state index in [2.05, 4.69) is 0 Å². The molecule has 116 valence electrons. The predicted molar refractivity (Wildman–Crippen MR) is 83.9 cm³/mol. The molecule has 0 N–H and O–H groups in total. The Morgan fingerprint density at radius 2 is 1.61 bits per heavy atom. The Hall–Kier alpha value is -2.95. The maximum Gasteiger partial charge on any atom is 0.261 e. The largest absolute Gasteiger partial charge is 0.496 e. The van der Waals surface area contributed by atoms with Gasteiger partial charge < -0.3 is 4.74 Å². The maximum atomic E-state index is 13.4. The SMILES string of the molecule is COc1ccccc1/C(=C\F)CN1C(=O)c2ccccc2C1=O. The van der Waals surface area contributed by atoms with E-state index in [4.69, 9.17) is 4.74 Å². The van der Waals surface area contributed by atoms with Crippen LogP contribution in [0.1, 0.15) is 26.3 Å². The van der Waals surface area contributed by atoms with Gasteiger partial charge in [-0.05, 0) is 18.2 Å². The van der Waals surface area contributed by atoms with Crippen molar-refractivity contribution in [3.63, 3.8) is 0 Å². The first-order chi connectivity index (χ1) is 11.2. The first-order valence-corrected chi connectivity index (χ1v) is 7.05. The fourth-order valence-electron chi connectivity index (χ4n) is 2.64. The molecule has 1 aliphatic rings. The van der Waals surface area contributed by atoms with E-state index < -0.39 is 11.8 Å². The van der Waals surface area contributed by atoms with E-state index >= 15 is 0 Å². The third-order valence-corrected chi connectivity index (χ3v) is 3.79. The molecule has 5 heteroatoms. The third kappa shape index (κ3) is 2.50. The number of imide groups is 1. The molecule has 3 rings (SSSR count). The van der Waals surface area contributed by atoms with Gasteiger partial charge in [-0.15, -0.1) is 0 Å². The number of rotatable bonds is 4. The van der Waals surface area contributed by atoms with Crippen molar-refractivity contribution < 1.29 is 18.7 Å². The number of carbonyl (C=O) groups is 2. The summed E-state index contributed by atoms with van der Waals surface area (Å²) in [6.07, 6.45) is 0.404. The number of halogens is 1. The fourth-order valence-corrected chi connectivity index (χ4v) is 2.64. The normalized spacial score (nSPS) is 14.2. The summed E-state index contributed by atoms with van der Waals surface area (Å²) < 4.78 is 18.6. The van der Waals surface area contributed by atoms with Crippen LogP contribution in [0.25, 0.3) is 5.57 Å². The number of carbonyl (C=O) groups excluding carboxylic acids is 2. The number of methoxy groups -OCH3 is 1. The summed E-state index contributed by atoms with van der Waals surface area (Å²) in [5, 5.41) is 0. The van der Waals surface area contributed by atoms with Crippen molar-refractivity contribution in [3.05, 3.63) is 71.6 Å². The highest BCUT2D eigenvalue weighted by molar-refractivity contribution is 6.21. The zero-order chi connectivity index (χ0) is 16.4. The van der Waals surface area contributed by atoms with Crippen LogP contribution < -0.4 is 4.74 Å². The van der Waals surface area contributed by atoms with Gasteiger partial charge in [-0.1, -0.05) is 30.3 Å². The van der Waals surface area contributed by atoms with Crippen molar-refractivity contribution >= 4 is 17.4 Å². The quantitative estimate of drug-likeness (QED) is 0.814. The minimum atomic E-state index is -0.417. The summed E-state index contributed by atoms with van der Waals surface area (Å²) in [6, 6.07) is 13.5. The van der Waals surface area contributed by atoms with E-state index in [1.807, 2.05) is 0 Å². The number of hydrogen-bond donors (Lipinski definition) is 0. The number of amides is 2. The van der Waals surface area contributed by atoms with Crippen LogP contribution >= 0.6 is 0 Å². The second-order valence-corrected chi connectivity index (χ2v) is 5.08. The minimum absolute atomic E-state index is 0.150. The smallest absolute Gasteiger partial charge is 0.261 e. The topological polar surface area (TPSA) is 46.6 Å². The highest BCUT2D eigenvalue weighted by Crippen LogP contribution is 2.30. The van der Waals surface area contributed by atoms with Crippen molar-refractivity contribution in [3.8, 4) is 5.75 Å². The molecule has 0 saturated carbocycles. The number of para-hydroxylation sites is 1. The molecule has 1 aliphatic heterocycles. The molecule has 23 heavy (non-hydrogen) atoms. The number of ether oxygens (including phenoxy) is 1. The van der Waals surface area contributed by atoms with Crippen LogP contribution in [0, 0.1) is 0 Å². The number of benzene rings is 2. The maximum absolute atomic E-state index is 13.4. The zero-order valence-electron chi connectivity index (χ0n) is 12.5. The highest BCUT2D eigenvalue weighted by atomic mass is 19.1. The lowest BCUT2D eigenvalue weighted by Crippen LogP contribution is -2.31. The Morgan fingerprint density at radius 1 is 1.04 bits per heavy atom. The van der Waals surface area contributed by atoms with Gasteiger partial charge in [0.1, 0.15) is 5.75 Å². The summed E-state index contributed by atoms with van der Waals surface area (Å²) in [5.41, 5.74) is 1.40. The predicted octanol–water partition coefficient (Wildman–Crippen LogP) is 3.30. The van der Waals surface area contributed by atoms with Gasteiger partial charge in [0, 0.05) is 11.1 Å². The highest BCUT2D eigenvalue weighted by Gasteiger charge is 2.35. The second kappa shape index (κ2) is 6.04. The first-order valence-electron chi connectivity index (χ1n) is 7.05. The van der Waals surface area contributed by atoms with E-state index in [0.717, 1.165) is 4.90 Å². The number of hydrogen-bond acceptors (Lipinski definition) is 3. The molecule has 2 aromatic rings. The molecule has 0 unspecified atom stereocenters. The molecule has 2 amide bonds. The lowest BCUT2D eigenvalue weighted by Gasteiger charge is -2.17. The van der Waals surface area contributed by atoms with Crippen molar-refractivity contribution in [2.45, 2.75) is 0 Å². The Labute approximate surface area is 132 Å². The fraction of sp³-hybridized carbons (Fsp3) is 0.111. The molecule has 0 aliphatic carbocycles. The van der Waals surface area contributed by atoms with Crippen LogP contribution in [0.15, 0.2) is 54.9 Å². The van der Waals surface area contributed by atoms with Gasteiger partial charge in [0.05, 0.1) is 31.1 Å². The van der Waals surface area contributed by atoms with Crippen molar-refractivity contribution in [2.75, 3.05) is 13.7 Å². The standard InChI is InChI=1S/C18H14FNO3/c1-23-16-9-5-4-6-13(16)12(10-19)11-20-17(21)14-7-2-3-8-15(14)18(20)22/h2-10H,11H2,1H3/b12-10-. The van der Waals surface area contributed by atoms with E-state index in [1.54, 1.807) is 48.5 Å². The Balaban J connectivity index is 1.93. The number of fused-ring (bicyclic) bond motifs is 1. The van der Waals surface area contributed by atoms with Gasteiger partial charge in [-0.25, -0.2) is 4.39 Å². The van der Waals surface area contributed by atoms with Crippen LogP contribution in [-0.4, -0.2) is 30.4 Å². The molecule has 0 bridgehead atoms. The summed E-state index contributed by atoms with van der Waals surface area (Å²) >= 11 is 0. The van der Waals surface area contributed by atoms with Crippen LogP contribution in [0.4, 0.5) is 4.39 Å². The molecule has 0 saturated heterocycles. The monoisotopic (exact) mass is 311 g/mol. The van der Waals surface area contributed by atoms with Gasteiger partial charge in [0.25, 0.3) is 11.8 Å². The van der Waals surface area contributed by atoms with Gasteiger partial charge in [-0.3, -0.25) is 14.5 Å². The molecule has 4 nitrogen and oxygen atoms in total. The Morgan fingerprint density at radius 3 is 2.17 bits per heavy atom. The second-order valence-electron chi connectivity index (χ2n) is 5.08. The molecular formula is C18H14FNO3. The first kappa shape index (κ1) is 15.0. The van der Waals surface area contributed by atoms with Crippen molar-refractivity contribution in [1.82, 2.24) is 4.90 Å². The lowest BCUT2D eigenvalue weighted by atomic mass is 10.1. The van der Waals surface area contributed by atoms with Crippen molar-refractivity contribution in [1.29, 1.82) is 0 Å². The zero-order valence-corrected chi connectivity index (χ0v) is 12.5. The molecule has 2 aromatic carbocycles. The molecule has 0 radical (unpaired) electrons. The van der Waals surface area contributed by atoms with E-state index in [0.29, 0.717) is 28.8 Å². The van der Waals surface area contributed by atoms with Gasteiger partial charge >= 0.3 is 0 Å². The molecule has 0 fully saturated rings. The van der Waals surface area contributed by atoms with E-state index in [1.165, 1.54) is 7.11 Å². The van der Waals surface area contributed by atoms with Crippen LogP contribution in [-0.2, 0) is 0 Å². The van der Waals surface area contributed by atoms with Gasteiger partial charge in [0.15, 0.2) is 0 Å².